The number of nitrogens with one attached hydrogen (secondary N) is 1. The summed E-state index contributed by atoms with van der Waals surface area (Å²) in [6.45, 7) is 5.88. The number of carboxylic acid groups (broad SMARTS) is 1. The molecule has 0 fully saturated rings. The second kappa shape index (κ2) is 10.00. The number of rotatable bonds is 10. The van der Waals surface area contributed by atoms with Gasteiger partial charge in [0.2, 0.25) is 11.8 Å². The molecule has 2 N–H and O–H groups in total. The summed E-state index contributed by atoms with van der Waals surface area (Å²) in [5.74, 6) is -0.928. The average Bonchev–Trinajstić information content (AvgIpc) is 3.00. The highest BCUT2D eigenvalue weighted by Crippen LogP contribution is 2.22. The first-order valence-corrected chi connectivity index (χ1v) is 9.46. The number of hydrogen-bond acceptors (Lipinski definition) is 8. The second-order valence-electron chi connectivity index (χ2n) is 6.25. The third-order valence-corrected chi connectivity index (χ3v) is 4.03. The van der Waals surface area contributed by atoms with Crippen LogP contribution >= 0.6 is 11.3 Å². The van der Waals surface area contributed by atoms with Crippen molar-refractivity contribution in [3.63, 3.8) is 0 Å². The van der Waals surface area contributed by atoms with Gasteiger partial charge in [-0.3, -0.25) is 14.9 Å². The lowest BCUT2D eigenvalue weighted by molar-refractivity contribution is -0.136. The summed E-state index contributed by atoms with van der Waals surface area (Å²) in [5, 5.41) is 13.4. The molecule has 0 aliphatic rings. The van der Waals surface area contributed by atoms with Crippen LogP contribution in [0.4, 0.5) is 5.13 Å². The summed E-state index contributed by atoms with van der Waals surface area (Å²) >= 11 is 1.15. The number of thiazole rings is 1. The van der Waals surface area contributed by atoms with E-state index in [9.17, 15) is 9.59 Å². The van der Waals surface area contributed by atoms with E-state index >= 15 is 0 Å². The Morgan fingerprint density at radius 3 is 2.46 bits per heavy atom. The fourth-order valence-corrected chi connectivity index (χ4v) is 2.92. The number of aromatic nitrogens is 2. The molecule has 0 saturated heterocycles. The molecule has 28 heavy (non-hydrogen) atoms. The van der Waals surface area contributed by atoms with Gasteiger partial charge in [-0.25, -0.2) is 4.98 Å². The van der Waals surface area contributed by atoms with Crippen LogP contribution in [0.5, 0.6) is 11.8 Å². The SMILES string of the molecule is COC[C@H](C)Oc1cc(C(=O)Nc2nc(CC(=O)O)cs2)cc(OC(C)C)n1. The number of hydrogen-bond donors (Lipinski definition) is 2. The van der Waals surface area contributed by atoms with E-state index in [1.165, 1.54) is 12.1 Å². The number of methoxy groups -OCH3 is 1. The number of ether oxygens (including phenoxy) is 3. The Morgan fingerprint density at radius 2 is 1.86 bits per heavy atom. The van der Waals surface area contributed by atoms with Crippen molar-refractivity contribution in [1.82, 2.24) is 9.97 Å². The van der Waals surface area contributed by atoms with Crippen LogP contribution in [0.2, 0.25) is 0 Å². The molecule has 0 aliphatic carbocycles. The monoisotopic (exact) mass is 409 g/mol. The van der Waals surface area contributed by atoms with Crippen molar-refractivity contribution in [2.45, 2.75) is 39.4 Å². The van der Waals surface area contributed by atoms with E-state index in [2.05, 4.69) is 15.3 Å². The molecule has 0 aromatic carbocycles. The number of carbonyl (C=O) groups is 2. The molecule has 9 nitrogen and oxygen atoms in total. The quantitative estimate of drug-likeness (QED) is 0.614. The van der Waals surface area contributed by atoms with E-state index in [1.807, 2.05) is 20.8 Å². The Balaban J connectivity index is 2.19. The van der Waals surface area contributed by atoms with E-state index in [0.29, 0.717) is 17.4 Å². The molecule has 2 aromatic heterocycles. The van der Waals surface area contributed by atoms with Crippen LogP contribution in [0.25, 0.3) is 0 Å². The van der Waals surface area contributed by atoms with Gasteiger partial charge in [0.25, 0.3) is 5.91 Å². The maximum atomic E-state index is 12.6. The number of pyridine rings is 1. The largest absolute Gasteiger partial charge is 0.481 e. The third-order valence-electron chi connectivity index (χ3n) is 3.22. The molecule has 2 aromatic rings. The highest BCUT2D eigenvalue weighted by Gasteiger charge is 2.16. The summed E-state index contributed by atoms with van der Waals surface area (Å²) in [4.78, 5) is 31.7. The maximum absolute atomic E-state index is 12.6. The van der Waals surface area contributed by atoms with Crippen molar-refractivity contribution >= 4 is 28.3 Å². The van der Waals surface area contributed by atoms with Gasteiger partial charge in [0, 0.05) is 24.6 Å². The van der Waals surface area contributed by atoms with Crippen molar-refractivity contribution in [3.05, 3.63) is 28.8 Å². The molecule has 0 aliphatic heterocycles. The van der Waals surface area contributed by atoms with Gasteiger partial charge in [-0.15, -0.1) is 11.3 Å². The van der Waals surface area contributed by atoms with E-state index in [-0.39, 0.29) is 36.0 Å². The van der Waals surface area contributed by atoms with E-state index in [1.54, 1.807) is 12.5 Å². The molecule has 0 bridgehead atoms. The first-order chi connectivity index (χ1) is 13.3. The van der Waals surface area contributed by atoms with Crippen LogP contribution < -0.4 is 14.8 Å². The molecule has 10 heteroatoms. The number of aliphatic carboxylic acids is 1. The zero-order valence-corrected chi connectivity index (χ0v) is 16.9. The zero-order valence-electron chi connectivity index (χ0n) is 16.1. The lowest BCUT2D eigenvalue weighted by Gasteiger charge is -2.16. The molecule has 0 radical (unpaired) electrons. The fourth-order valence-electron chi connectivity index (χ4n) is 2.22. The molecule has 0 unspecified atom stereocenters. The van der Waals surface area contributed by atoms with Crippen LogP contribution in [0, 0.1) is 0 Å². The zero-order chi connectivity index (χ0) is 20.7. The Kier molecular flexibility index (Phi) is 7.70. The first-order valence-electron chi connectivity index (χ1n) is 8.58. The first kappa shape index (κ1) is 21.6. The second-order valence-corrected chi connectivity index (χ2v) is 7.11. The minimum absolute atomic E-state index is 0.132. The summed E-state index contributed by atoms with van der Waals surface area (Å²) < 4.78 is 16.3. The van der Waals surface area contributed by atoms with Gasteiger partial charge in [0.15, 0.2) is 5.13 Å². The Labute approximate surface area is 166 Å². The van der Waals surface area contributed by atoms with Gasteiger partial charge < -0.3 is 19.3 Å². The number of carboxylic acids is 1. The molecule has 152 valence electrons. The van der Waals surface area contributed by atoms with E-state index in [0.717, 1.165) is 11.3 Å². The molecular weight excluding hydrogens is 386 g/mol. The normalized spacial score (nSPS) is 11.9. The number of anilines is 1. The fraction of sp³-hybridized carbons (Fsp3) is 0.444. The van der Waals surface area contributed by atoms with Gasteiger partial charge in [-0.1, -0.05) is 0 Å². The molecule has 1 atom stereocenters. The standard InChI is InChI=1S/C18H23N3O6S/c1-10(2)26-14-5-12(6-15(20-14)27-11(3)8-25-4)17(24)21-18-19-13(9-28-18)7-16(22)23/h5-6,9-11H,7-8H2,1-4H3,(H,22,23)(H,19,21,24)/t11-/m0/s1. The van der Waals surface area contributed by atoms with Crippen molar-refractivity contribution in [1.29, 1.82) is 0 Å². The molecule has 2 rings (SSSR count). The number of carbonyl (C=O) groups excluding carboxylic acids is 1. The van der Waals surface area contributed by atoms with Gasteiger partial charge in [0.05, 0.1) is 30.4 Å². The van der Waals surface area contributed by atoms with Gasteiger partial charge >= 0.3 is 5.97 Å². The van der Waals surface area contributed by atoms with Crippen molar-refractivity contribution in [3.8, 4) is 11.8 Å². The van der Waals surface area contributed by atoms with Crippen LogP contribution in [0.1, 0.15) is 36.8 Å². The van der Waals surface area contributed by atoms with Gasteiger partial charge in [-0.05, 0) is 20.8 Å². The Morgan fingerprint density at radius 1 is 1.18 bits per heavy atom. The predicted molar refractivity (Wildman–Crippen MR) is 103 cm³/mol. The van der Waals surface area contributed by atoms with E-state index in [4.69, 9.17) is 19.3 Å². The van der Waals surface area contributed by atoms with Crippen LogP contribution in [0.3, 0.4) is 0 Å². The Hall–Kier alpha value is -2.72. The summed E-state index contributed by atoms with van der Waals surface area (Å²) in [6.07, 6.45) is -0.600. The topological polar surface area (TPSA) is 120 Å². The minimum Gasteiger partial charge on any atom is -0.481 e. The van der Waals surface area contributed by atoms with E-state index < -0.39 is 11.9 Å². The predicted octanol–water partition coefficient (Wildman–Crippen LogP) is 2.62. The lowest BCUT2D eigenvalue weighted by Crippen LogP contribution is -2.20. The summed E-state index contributed by atoms with van der Waals surface area (Å²) in [6, 6.07) is 3.01. The van der Waals surface area contributed by atoms with Crippen LogP contribution in [0.15, 0.2) is 17.5 Å². The van der Waals surface area contributed by atoms with Crippen LogP contribution in [-0.2, 0) is 16.0 Å². The lowest BCUT2D eigenvalue weighted by atomic mass is 10.2. The van der Waals surface area contributed by atoms with Crippen molar-refractivity contribution in [2.75, 3.05) is 19.0 Å². The van der Waals surface area contributed by atoms with Gasteiger partial charge in [-0.2, -0.15) is 4.98 Å². The minimum atomic E-state index is -0.986. The average molecular weight is 409 g/mol. The molecule has 0 saturated carbocycles. The smallest absolute Gasteiger partial charge is 0.309 e. The Bertz CT molecular complexity index is 823. The number of amides is 1. The van der Waals surface area contributed by atoms with Crippen LogP contribution in [-0.4, -0.2) is 52.9 Å². The van der Waals surface area contributed by atoms with Crippen molar-refractivity contribution < 1.29 is 28.9 Å². The maximum Gasteiger partial charge on any atom is 0.309 e. The molecule has 0 spiro atoms. The highest BCUT2D eigenvalue weighted by molar-refractivity contribution is 7.14. The summed E-state index contributed by atoms with van der Waals surface area (Å²) in [7, 11) is 1.57. The molecular formula is C18H23N3O6S. The third kappa shape index (κ3) is 6.78. The highest BCUT2D eigenvalue weighted by atomic mass is 32.1. The summed E-state index contributed by atoms with van der Waals surface area (Å²) in [5.41, 5.74) is 0.657. The van der Waals surface area contributed by atoms with Crippen molar-refractivity contribution in [2.24, 2.45) is 0 Å². The number of nitrogens with zero attached hydrogens (tertiary/aromatic N) is 2. The molecule has 2 heterocycles. The molecule has 1 amide bonds. The van der Waals surface area contributed by atoms with Gasteiger partial charge in [0.1, 0.15) is 6.10 Å².